The predicted octanol–water partition coefficient (Wildman–Crippen LogP) is 1.40. The molecule has 1 aromatic carbocycles. The van der Waals surface area contributed by atoms with Gasteiger partial charge < -0.3 is 29.6 Å². The molecular weight excluding hydrogens is 354 g/mol. The molecule has 0 aromatic heterocycles. The molecule has 0 radical (unpaired) electrons. The highest BCUT2D eigenvalue weighted by molar-refractivity contribution is 7.80. The van der Waals surface area contributed by atoms with Gasteiger partial charge in [-0.25, -0.2) is 0 Å². The zero-order valence-corrected chi connectivity index (χ0v) is 16.6. The van der Waals surface area contributed by atoms with E-state index in [1.807, 2.05) is 12.1 Å². The van der Waals surface area contributed by atoms with Gasteiger partial charge in [-0.3, -0.25) is 4.90 Å². The normalized spacial score (nSPS) is 14.6. The number of nitrogens with one attached hydrogen (secondary N) is 2. The van der Waals surface area contributed by atoms with E-state index in [4.69, 9.17) is 31.2 Å². The lowest BCUT2D eigenvalue weighted by molar-refractivity contribution is 0.0376. The largest absolute Gasteiger partial charge is 0.496 e. The van der Waals surface area contributed by atoms with Crippen molar-refractivity contribution in [2.75, 3.05) is 60.7 Å². The lowest BCUT2D eigenvalue weighted by Crippen LogP contribution is -2.39. The number of benzene rings is 1. The zero-order chi connectivity index (χ0) is 18.8. The number of rotatable bonds is 9. The van der Waals surface area contributed by atoms with Gasteiger partial charge in [0.2, 0.25) is 0 Å². The molecule has 1 saturated heterocycles. The van der Waals surface area contributed by atoms with Crippen LogP contribution in [0, 0.1) is 0 Å². The smallest absolute Gasteiger partial charge is 0.166 e. The number of thiocarbonyl (C=S) groups is 1. The molecule has 0 atom stereocenters. The quantitative estimate of drug-likeness (QED) is 0.490. The fraction of sp³-hybridized carbons (Fsp3) is 0.611. The standard InChI is InChI=1S/C18H29N3O4S/c1-22-15-12-17(24-3)16(23-2)11-14(15)13-20-18(26)19-5-4-6-21-7-9-25-10-8-21/h11-12H,4-10,13H2,1-3H3,(H2,19,20,26). The van der Waals surface area contributed by atoms with Crippen LogP contribution in [0.1, 0.15) is 12.0 Å². The molecule has 2 rings (SSSR count). The second-order valence-electron chi connectivity index (χ2n) is 5.94. The third-order valence-electron chi connectivity index (χ3n) is 4.27. The number of hydrogen-bond donors (Lipinski definition) is 2. The monoisotopic (exact) mass is 383 g/mol. The number of hydrogen-bond acceptors (Lipinski definition) is 6. The van der Waals surface area contributed by atoms with Crippen LogP contribution in [0.4, 0.5) is 0 Å². The van der Waals surface area contributed by atoms with Crippen LogP contribution in [0.3, 0.4) is 0 Å². The fourth-order valence-electron chi connectivity index (χ4n) is 2.80. The van der Waals surface area contributed by atoms with E-state index in [9.17, 15) is 0 Å². The van der Waals surface area contributed by atoms with Crippen molar-refractivity contribution in [3.8, 4) is 17.2 Å². The number of nitrogens with zero attached hydrogens (tertiary/aromatic N) is 1. The minimum atomic E-state index is 0.541. The van der Waals surface area contributed by atoms with Crippen LogP contribution >= 0.6 is 12.2 Å². The van der Waals surface area contributed by atoms with Crippen molar-refractivity contribution < 1.29 is 18.9 Å². The van der Waals surface area contributed by atoms with Crippen molar-refractivity contribution in [2.24, 2.45) is 0 Å². The molecule has 1 aliphatic rings. The van der Waals surface area contributed by atoms with Gasteiger partial charge in [0.15, 0.2) is 16.6 Å². The second-order valence-corrected chi connectivity index (χ2v) is 6.34. The summed E-state index contributed by atoms with van der Waals surface area (Å²) < 4.78 is 21.4. The summed E-state index contributed by atoms with van der Waals surface area (Å²) in [6, 6.07) is 3.71. The SMILES string of the molecule is COc1cc(OC)c(OC)cc1CNC(=S)NCCCN1CCOCC1. The summed E-state index contributed by atoms with van der Waals surface area (Å²) in [4.78, 5) is 2.41. The zero-order valence-electron chi connectivity index (χ0n) is 15.8. The first-order chi connectivity index (χ1) is 12.7. The maximum absolute atomic E-state index is 5.43. The lowest BCUT2D eigenvalue weighted by atomic mass is 10.1. The minimum absolute atomic E-state index is 0.541. The van der Waals surface area contributed by atoms with Gasteiger partial charge in [-0.05, 0) is 31.2 Å². The summed E-state index contributed by atoms with van der Waals surface area (Å²) in [7, 11) is 4.85. The number of ether oxygens (including phenoxy) is 4. The Balaban J connectivity index is 1.75. The first-order valence-corrected chi connectivity index (χ1v) is 9.19. The molecule has 0 aliphatic carbocycles. The van der Waals surface area contributed by atoms with Crippen LogP contribution < -0.4 is 24.8 Å². The first kappa shape index (κ1) is 20.5. The molecule has 7 nitrogen and oxygen atoms in total. The van der Waals surface area contributed by atoms with Gasteiger partial charge in [0.05, 0.1) is 34.5 Å². The highest BCUT2D eigenvalue weighted by atomic mass is 32.1. The van der Waals surface area contributed by atoms with E-state index in [0.717, 1.165) is 57.1 Å². The Kier molecular flexibility index (Phi) is 8.73. The van der Waals surface area contributed by atoms with Gasteiger partial charge in [-0.1, -0.05) is 0 Å². The van der Waals surface area contributed by atoms with Crippen LogP contribution in [-0.4, -0.2) is 70.7 Å². The van der Waals surface area contributed by atoms with Gasteiger partial charge in [0.25, 0.3) is 0 Å². The molecule has 0 bridgehead atoms. The van der Waals surface area contributed by atoms with Crippen LogP contribution in [-0.2, 0) is 11.3 Å². The molecule has 1 fully saturated rings. The Morgan fingerprint density at radius 3 is 2.35 bits per heavy atom. The van der Waals surface area contributed by atoms with Crippen molar-refractivity contribution in [1.29, 1.82) is 0 Å². The Hall–Kier alpha value is -1.77. The molecule has 26 heavy (non-hydrogen) atoms. The Morgan fingerprint density at radius 1 is 1.04 bits per heavy atom. The van der Waals surface area contributed by atoms with Crippen LogP contribution in [0.15, 0.2) is 12.1 Å². The minimum Gasteiger partial charge on any atom is -0.496 e. The molecular formula is C18H29N3O4S. The summed E-state index contributed by atoms with van der Waals surface area (Å²) >= 11 is 5.36. The third-order valence-corrected chi connectivity index (χ3v) is 4.56. The third kappa shape index (κ3) is 6.19. The van der Waals surface area contributed by atoms with Crippen LogP contribution in [0.2, 0.25) is 0 Å². The number of morpholine rings is 1. The maximum atomic E-state index is 5.43. The Morgan fingerprint density at radius 2 is 1.69 bits per heavy atom. The molecule has 1 heterocycles. The summed E-state index contributed by atoms with van der Waals surface area (Å²) in [5.41, 5.74) is 0.947. The van der Waals surface area contributed by atoms with Gasteiger partial charge in [0, 0.05) is 37.8 Å². The van der Waals surface area contributed by atoms with E-state index in [0.29, 0.717) is 23.2 Å². The van der Waals surface area contributed by atoms with E-state index in [1.54, 1.807) is 21.3 Å². The summed E-state index contributed by atoms with van der Waals surface area (Å²) in [5, 5.41) is 7.09. The molecule has 0 unspecified atom stereocenters. The van der Waals surface area contributed by atoms with Crippen molar-refractivity contribution in [2.45, 2.75) is 13.0 Å². The summed E-state index contributed by atoms with van der Waals surface area (Å²) in [5.74, 6) is 2.02. The van der Waals surface area contributed by atoms with Crippen molar-refractivity contribution in [3.63, 3.8) is 0 Å². The van der Waals surface area contributed by atoms with Gasteiger partial charge in [-0.2, -0.15) is 0 Å². The average molecular weight is 384 g/mol. The van der Waals surface area contributed by atoms with Crippen LogP contribution in [0.25, 0.3) is 0 Å². The summed E-state index contributed by atoms with van der Waals surface area (Å²) in [6.45, 7) is 6.14. The van der Waals surface area contributed by atoms with Crippen molar-refractivity contribution >= 4 is 17.3 Å². The van der Waals surface area contributed by atoms with Gasteiger partial charge in [-0.15, -0.1) is 0 Å². The van der Waals surface area contributed by atoms with E-state index in [-0.39, 0.29) is 0 Å². The van der Waals surface area contributed by atoms with E-state index >= 15 is 0 Å². The highest BCUT2D eigenvalue weighted by Crippen LogP contribution is 2.34. The molecule has 2 N–H and O–H groups in total. The fourth-order valence-corrected chi connectivity index (χ4v) is 2.97. The van der Waals surface area contributed by atoms with E-state index in [1.165, 1.54) is 0 Å². The molecule has 146 valence electrons. The first-order valence-electron chi connectivity index (χ1n) is 8.78. The number of methoxy groups -OCH3 is 3. The van der Waals surface area contributed by atoms with Crippen molar-refractivity contribution in [3.05, 3.63) is 17.7 Å². The second kappa shape index (κ2) is 11.1. The maximum Gasteiger partial charge on any atom is 0.166 e. The van der Waals surface area contributed by atoms with Crippen molar-refractivity contribution in [1.82, 2.24) is 15.5 Å². The Bertz CT molecular complexity index is 580. The molecule has 0 spiro atoms. The molecule has 1 aliphatic heterocycles. The van der Waals surface area contributed by atoms with Crippen LogP contribution in [0.5, 0.6) is 17.2 Å². The Labute approximate surface area is 160 Å². The average Bonchev–Trinajstić information content (AvgIpc) is 2.69. The predicted molar refractivity (Wildman–Crippen MR) is 105 cm³/mol. The highest BCUT2D eigenvalue weighted by Gasteiger charge is 2.12. The lowest BCUT2D eigenvalue weighted by Gasteiger charge is -2.26. The van der Waals surface area contributed by atoms with Gasteiger partial charge >= 0.3 is 0 Å². The topological polar surface area (TPSA) is 64.2 Å². The molecule has 1 aromatic rings. The summed E-state index contributed by atoms with van der Waals surface area (Å²) in [6.07, 6.45) is 1.04. The van der Waals surface area contributed by atoms with Gasteiger partial charge in [0.1, 0.15) is 5.75 Å². The molecule has 0 saturated carbocycles. The van der Waals surface area contributed by atoms with E-state index in [2.05, 4.69) is 15.5 Å². The van der Waals surface area contributed by atoms with E-state index < -0.39 is 0 Å². The molecule has 8 heteroatoms. The molecule has 0 amide bonds.